The molecule has 1 heterocycles. The van der Waals surface area contributed by atoms with Crippen LogP contribution in [-0.2, 0) is 6.18 Å². The largest absolute Gasteiger partial charge is 0.433 e. The van der Waals surface area contributed by atoms with E-state index in [1.807, 2.05) is 6.26 Å². The van der Waals surface area contributed by atoms with E-state index in [2.05, 4.69) is 16.9 Å². The van der Waals surface area contributed by atoms with Gasteiger partial charge in [-0.05, 0) is 50.0 Å². The third-order valence-corrected chi connectivity index (χ3v) is 4.39. The first-order valence-corrected chi connectivity index (χ1v) is 10.2. The van der Waals surface area contributed by atoms with E-state index < -0.39 is 29.1 Å². The third kappa shape index (κ3) is 7.43. The van der Waals surface area contributed by atoms with Crippen LogP contribution in [0.15, 0.2) is 53.8 Å². The highest BCUT2D eigenvalue weighted by molar-refractivity contribution is 7.98. The summed E-state index contributed by atoms with van der Waals surface area (Å²) in [5.74, 6) is 0.216. The van der Waals surface area contributed by atoms with Crippen LogP contribution in [0, 0.1) is 5.41 Å². The van der Waals surface area contributed by atoms with Crippen molar-refractivity contribution in [1.82, 2.24) is 10.3 Å². The average molecular weight is 443 g/mol. The lowest BCUT2D eigenvalue weighted by molar-refractivity contribution is -0.141. The number of carbonyl (C=O) groups is 1. The van der Waals surface area contributed by atoms with Crippen LogP contribution in [0.3, 0.4) is 0 Å². The van der Waals surface area contributed by atoms with E-state index in [0.29, 0.717) is 5.57 Å². The molecule has 0 spiro atoms. The molecule has 6 nitrogen and oxygen atoms in total. The molecule has 0 saturated carbocycles. The molecule has 164 valence electrons. The molecule has 0 fully saturated rings. The zero-order chi connectivity index (χ0) is 23.1. The molecule has 0 bridgehead atoms. The van der Waals surface area contributed by atoms with Gasteiger partial charge >= 0.3 is 6.18 Å². The van der Waals surface area contributed by atoms with Crippen molar-refractivity contribution in [2.24, 2.45) is 5.73 Å². The SMILES string of the molecule is C=C1C=C(NC(=O)c2cccc(C(F)(F)F)n2)C(C(C)(C)O)=CC1=N.CSCCN. The van der Waals surface area contributed by atoms with Crippen molar-refractivity contribution < 1.29 is 23.1 Å². The van der Waals surface area contributed by atoms with Crippen LogP contribution in [-0.4, -0.2) is 45.9 Å². The maximum atomic E-state index is 12.7. The molecule has 1 aliphatic carbocycles. The number of nitrogens with one attached hydrogen (secondary N) is 2. The summed E-state index contributed by atoms with van der Waals surface area (Å²) in [4.78, 5) is 15.6. The lowest BCUT2D eigenvalue weighted by Gasteiger charge is -2.27. The highest BCUT2D eigenvalue weighted by atomic mass is 32.2. The molecule has 1 aromatic heterocycles. The lowest BCUT2D eigenvalue weighted by Crippen LogP contribution is -2.34. The molecule has 30 heavy (non-hydrogen) atoms. The van der Waals surface area contributed by atoms with E-state index in [9.17, 15) is 23.1 Å². The highest BCUT2D eigenvalue weighted by Crippen LogP contribution is 2.29. The molecular formula is C20H25F3N4O2S. The van der Waals surface area contributed by atoms with Crippen LogP contribution in [0.1, 0.15) is 30.0 Å². The molecule has 0 unspecified atom stereocenters. The number of halogens is 3. The zero-order valence-electron chi connectivity index (χ0n) is 16.9. The van der Waals surface area contributed by atoms with Crippen molar-refractivity contribution in [3.05, 3.63) is 65.2 Å². The fraction of sp³-hybridized carbons (Fsp3) is 0.350. The first kappa shape index (κ1) is 25.6. The number of aromatic nitrogens is 1. The predicted octanol–water partition coefficient (Wildman–Crippen LogP) is 3.31. The highest BCUT2D eigenvalue weighted by Gasteiger charge is 2.33. The number of alkyl halides is 3. The van der Waals surface area contributed by atoms with Gasteiger partial charge in [0.15, 0.2) is 0 Å². The molecule has 0 atom stereocenters. The smallest absolute Gasteiger partial charge is 0.386 e. The van der Waals surface area contributed by atoms with Gasteiger partial charge in [0.25, 0.3) is 5.91 Å². The summed E-state index contributed by atoms with van der Waals surface area (Å²) in [5.41, 5.74) is 2.88. The van der Waals surface area contributed by atoms with Crippen molar-refractivity contribution in [2.75, 3.05) is 18.6 Å². The molecule has 2 rings (SSSR count). The Morgan fingerprint density at radius 1 is 1.33 bits per heavy atom. The van der Waals surface area contributed by atoms with E-state index >= 15 is 0 Å². The normalized spacial score (nSPS) is 14.4. The van der Waals surface area contributed by atoms with Gasteiger partial charge in [-0.15, -0.1) is 0 Å². The molecule has 1 aliphatic rings. The van der Waals surface area contributed by atoms with E-state index in [1.165, 1.54) is 26.0 Å². The number of hydrogen-bond acceptors (Lipinski definition) is 6. The Bertz CT molecular complexity index is 870. The second-order valence-electron chi connectivity index (χ2n) is 6.76. The summed E-state index contributed by atoms with van der Waals surface area (Å²) in [6.45, 7) is 7.37. The minimum Gasteiger partial charge on any atom is -0.386 e. The van der Waals surface area contributed by atoms with Gasteiger partial charge in [0.05, 0.1) is 11.3 Å². The Morgan fingerprint density at radius 2 is 1.97 bits per heavy atom. The number of aliphatic hydroxyl groups is 1. The Morgan fingerprint density at radius 3 is 2.43 bits per heavy atom. The van der Waals surface area contributed by atoms with Crippen molar-refractivity contribution in [3.8, 4) is 0 Å². The van der Waals surface area contributed by atoms with Crippen molar-refractivity contribution >= 4 is 23.4 Å². The predicted molar refractivity (Wildman–Crippen MR) is 113 cm³/mol. The van der Waals surface area contributed by atoms with Crippen LogP contribution < -0.4 is 11.1 Å². The third-order valence-electron chi connectivity index (χ3n) is 3.74. The van der Waals surface area contributed by atoms with Gasteiger partial charge in [-0.1, -0.05) is 12.6 Å². The topological polar surface area (TPSA) is 112 Å². The Hall–Kier alpha value is -2.43. The monoisotopic (exact) mass is 442 g/mol. The Labute approximate surface area is 177 Å². The molecule has 5 N–H and O–H groups in total. The van der Waals surface area contributed by atoms with Gasteiger partial charge in [-0.25, -0.2) is 4.98 Å². The quantitative estimate of drug-likeness (QED) is 0.559. The Balaban J connectivity index is 0.000000804. The van der Waals surface area contributed by atoms with Crippen molar-refractivity contribution in [3.63, 3.8) is 0 Å². The van der Waals surface area contributed by atoms with Gasteiger partial charge in [-0.3, -0.25) is 4.79 Å². The van der Waals surface area contributed by atoms with E-state index in [4.69, 9.17) is 11.1 Å². The minimum absolute atomic E-state index is 0.0623. The summed E-state index contributed by atoms with van der Waals surface area (Å²) in [6, 6.07) is 3.00. The van der Waals surface area contributed by atoms with E-state index in [-0.39, 0.29) is 17.0 Å². The summed E-state index contributed by atoms with van der Waals surface area (Å²) < 4.78 is 38.2. The van der Waals surface area contributed by atoms with Crippen LogP contribution >= 0.6 is 11.8 Å². The number of allylic oxidation sites excluding steroid dienone is 3. The van der Waals surface area contributed by atoms with E-state index in [1.54, 1.807) is 11.8 Å². The number of nitrogens with zero attached hydrogens (tertiary/aromatic N) is 1. The maximum absolute atomic E-state index is 12.7. The molecule has 0 radical (unpaired) electrons. The number of nitrogens with two attached hydrogens (primary N) is 1. The van der Waals surface area contributed by atoms with Crippen molar-refractivity contribution in [2.45, 2.75) is 25.6 Å². The van der Waals surface area contributed by atoms with Gasteiger partial charge < -0.3 is 21.6 Å². The number of thioether (sulfide) groups is 1. The standard InChI is InChI=1S/C17H16F3N3O2.C3H9NS/c1-9-7-13(10(8-11(9)21)16(2,3)25)23-15(24)12-5-4-6-14(22-12)17(18,19)20;1-5-3-2-4/h4-8,21,25H,1H2,2-3H3,(H,23,24);2-4H2,1H3. The molecule has 1 aromatic rings. The zero-order valence-corrected chi connectivity index (χ0v) is 17.7. The van der Waals surface area contributed by atoms with Crippen LogP contribution in [0.25, 0.3) is 0 Å². The van der Waals surface area contributed by atoms with Gasteiger partial charge in [0, 0.05) is 23.6 Å². The maximum Gasteiger partial charge on any atom is 0.433 e. The van der Waals surface area contributed by atoms with Crippen LogP contribution in [0.5, 0.6) is 0 Å². The number of hydrogen-bond donors (Lipinski definition) is 4. The van der Waals surface area contributed by atoms with Gasteiger partial charge in [0.2, 0.25) is 0 Å². The average Bonchev–Trinajstić information content (AvgIpc) is 2.64. The number of rotatable bonds is 5. The number of amides is 1. The van der Waals surface area contributed by atoms with E-state index in [0.717, 1.165) is 30.5 Å². The summed E-state index contributed by atoms with van der Waals surface area (Å²) in [6.07, 6.45) is 0.105. The summed E-state index contributed by atoms with van der Waals surface area (Å²) in [7, 11) is 0. The second-order valence-corrected chi connectivity index (χ2v) is 7.74. The van der Waals surface area contributed by atoms with Crippen LogP contribution in [0.2, 0.25) is 0 Å². The second kappa shape index (κ2) is 10.6. The molecule has 0 aromatic carbocycles. The molecule has 1 amide bonds. The first-order chi connectivity index (χ1) is 13.8. The minimum atomic E-state index is -4.66. The van der Waals surface area contributed by atoms with Gasteiger partial charge in [0.1, 0.15) is 11.4 Å². The van der Waals surface area contributed by atoms with Gasteiger partial charge in [-0.2, -0.15) is 24.9 Å². The number of carbonyl (C=O) groups excluding carboxylic acids is 1. The lowest BCUT2D eigenvalue weighted by atomic mass is 9.88. The van der Waals surface area contributed by atoms with Crippen LogP contribution in [0.4, 0.5) is 13.2 Å². The summed E-state index contributed by atoms with van der Waals surface area (Å²) in [5, 5.41) is 20.4. The molecule has 0 aliphatic heterocycles. The Kier molecular flexibility index (Phi) is 9.01. The molecule has 10 heteroatoms. The summed E-state index contributed by atoms with van der Waals surface area (Å²) >= 11 is 1.78. The fourth-order valence-electron chi connectivity index (χ4n) is 2.28. The fourth-order valence-corrected chi connectivity index (χ4v) is 2.51. The first-order valence-electron chi connectivity index (χ1n) is 8.80. The molecule has 0 saturated heterocycles. The number of pyridine rings is 1. The van der Waals surface area contributed by atoms with Crippen molar-refractivity contribution in [1.29, 1.82) is 5.41 Å². The molecular weight excluding hydrogens is 417 g/mol.